The Kier molecular flexibility index (Phi) is 10.1. The van der Waals surface area contributed by atoms with Crippen molar-refractivity contribution >= 4 is 28.7 Å². The molecule has 1 saturated heterocycles. The minimum absolute atomic E-state index is 0.165. The third-order valence-corrected chi connectivity index (χ3v) is 6.93. The average Bonchev–Trinajstić information content (AvgIpc) is 3.70. The molecule has 1 saturated carbocycles. The number of aliphatic hydroxyl groups excluding tert-OH is 1. The van der Waals surface area contributed by atoms with E-state index in [4.69, 9.17) is 9.47 Å². The van der Waals surface area contributed by atoms with Crippen molar-refractivity contribution < 1.29 is 24.2 Å². The zero-order valence-electron chi connectivity index (χ0n) is 24.1. The van der Waals surface area contributed by atoms with Gasteiger partial charge < -0.3 is 14.6 Å². The number of piperidine rings is 1. The second-order valence-electron chi connectivity index (χ2n) is 12.0. The quantitative estimate of drug-likeness (QED) is 0.301. The van der Waals surface area contributed by atoms with Gasteiger partial charge in [0.2, 0.25) is 11.9 Å². The molecule has 1 unspecified atom stereocenters. The van der Waals surface area contributed by atoms with Crippen LogP contribution in [0.4, 0.5) is 5.95 Å². The molecule has 2 aromatic rings. The molecule has 2 heterocycles. The number of carbonyl (C=O) groups excluding carboxylic acids is 2. The average molecular weight is 554 g/mol. The van der Waals surface area contributed by atoms with Gasteiger partial charge in [0.1, 0.15) is 11.4 Å². The van der Waals surface area contributed by atoms with Crippen LogP contribution in [0.1, 0.15) is 53.4 Å². The predicted molar refractivity (Wildman–Crippen MR) is 154 cm³/mol. The molecule has 0 bridgehead atoms. The number of rotatable bonds is 12. The van der Waals surface area contributed by atoms with E-state index < -0.39 is 11.7 Å². The van der Waals surface area contributed by atoms with E-state index in [-0.39, 0.29) is 30.4 Å². The van der Waals surface area contributed by atoms with Crippen LogP contribution in [0, 0.1) is 5.92 Å². The Labute approximate surface area is 236 Å². The lowest BCUT2D eigenvalue weighted by Gasteiger charge is -2.38. The summed E-state index contributed by atoms with van der Waals surface area (Å²) in [7, 11) is 0. The summed E-state index contributed by atoms with van der Waals surface area (Å²) in [5, 5.41) is 13.6. The van der Waals surface area contributed by atoms with Crippen molar-refractivity contribution in [2.75, 3.05) is 44.6 Å². The second kappa shape index (κ2) is 13.5. The van der Waals surface area contributed by atoms with Crippen molar-refractivity contribution in [1.29, 1.82) is 0 Å². The van der Waals surface area contributed by atoms with E-state index in [0.717, 1.165) is 49.2 Å². The van der Waals surface area contributed by atoms with Crippen molar-refractivity contribution in [2.45, 2.75) is 71.1 Å². The van der Waals surface area contributed by atoms with Gasteiger partial charge in [0, 0.05) is 42.9 Å². The summed E-state index contributed by atoms with van der Waals surface area (Å²) < 4.78 is 11.3. The lowest BCUT2D eigenvalue weighted by Crippen LogP contribution is -2.49. The van der Waals surface area contributed by atoms with Gasteiger partial charge in [-0.25, -0.2) is 9.97 Å². The molecule has 4 rings (SSSR count). The lowest BCUT2D eigenvalue weighted by molar-refractivity contribution is -0.157. The molecule has 1 aliphatic carbocycles. The van der Waals surface area contributed by atoms with Crippen molar-refractivity contribution in [3.05, 3.63) is 36.5 Å². The first-order valence-corrected chi connectivity index (χ1v) is 14.3. The molecule has 10 heteroatoms. The number of hydrogen-bond donors (Lipinski definition) is 2. The van der Waals surface area contributed by atoms with Crippen molar-refractivity contribution in [2.24, 2.45) is 5.92 Å². The molecule has 0 spiro atoms. The number of carbonyl (C=O) groups is 2. The Morgan fingerprint density at radius 3 is 2.65 bits per heavy atom. The van der Waals surface area contributed by atoms with Crippen LogP contribution in [-0.4, -0.2) is 93.8 Å². The first-order valence-electron chi connectivity index (χ1n) is 14.3. The van der Waals surface area contributed by atoms with Gasteiger partial charge in [0.25, 0.3) is 0 Å². The Morgan fingerprint density at radius 2 is 1.98 bits per heavy atom. The minimum atomic E-state index is -0.538. The smallest absolute Gasteiger partial charge is 0.320 e. The van der Waals surface area contributed by atoms with Crippen LogP contribution in [0.2, 0.25) is 0 Å². The number of benzene rings is 1. The lowest BCUT2D eigenvalue weighted by atomic mass is 10.0. The van der Waals surface area contributed by atoms with Crippen LogP contribution >= 0.6 is 0 Å². The van der Waals surface area contributed by atoms with Gasteiger partial charge in [-0.1, -0.05) is 6.08 Å². The van der Waals surface area contributed by atoms with Gasteiger partial charge in [-0.2, -0.15) is 0 Å². The van der Waals surface area contributed by atoms with E-state index >= 15 is 0 Å². The number of nitrogens with one attached hydrogen (secondary N) is 1. The first-order chi connectivity index (χ1) is 19.0. The van der Waals surface area contributed by atoms with Crippen molar-refractivity contribution in [3.63, 3.8) is 0 Å². The number of aliphatic hydroxyl groups is 1. The highest BCUT2D eigenvalue weighted by Gasteiger charge is 2.28. The minimum Gasteiger partial charge on any atom is -0.493 e. The number of ether oxygens (including phenoxy) is 2. The van der Waals surface area contributed by atoms with E-state index in [1.165, 1.54) is 18.9 Å². The Morgan fingerprint density at radius 1 is 1.23 bits per heavy atom. The van der Waals surface area contributed by atoms with Crippen molar-refractivity contribution in [3.8, 4) is 5.75 Å². The number of hydrogen-bond acceptors (Lipinski definition) is 9. The highest BCUT2D eigenvalue weighted by Crippen LogP contribution is 2.30. The fourth-order valence-electron chi connectivity index (χ4n) is 4.80. The maximum Gasteiger partial charge on any atom is 0.320 e. The molecular formula is C30H43N5O5. The molecule has 2 fully saturated rings. The topological polar surface area (TPSA) is 117 Å². The summed E-state index contributed by atoms with van der Waals surface area (Å²) in [6, 6.07) is 5.91. The van der Waals surface area contributed by atoms with Crippen LogP contribution < -0.4 is 10.1 Å². The number of aromatic nitrogens is 2. The summed E-state index contributed by atoms with van der Waals surface area (Å²) in [6.07, 6.45) is 8.72. The Hall–Kier alpha value is -3.08. The van der Waals surface area contributed by atoms with E-state index in [2.05, 4.69) is 20.2 Å². The van der Waals surface area contributed by atoms with Gasteiger partial charge in [-0.15, -0.1) is 0 Å². The molecule has 0 radical (unpaired) electrons. The van der Waals surface area contributed by atoms with Crippen LogP contribution in [0.25, 0.3) is 10.9 Å². The molecule has 2 aliphatic rings. The van der Waals surface area contributed by atoms with E-state index in [9.17, 15) is 14.7 Å². The summed E-state index contributed by atoms with van der Waals surface area (Å²) in [5.74, 6) is 1.14. The number of nitrogens with zero attached hydrogens (tertiary/aromatic N) is 4. The molecule has 1 aliphatic heterocycles. The molecule has 40 heavy (non-hydrogen) atoms. The van der Waals surface area contributed by atoms with Gasteiger partial charge in [-0.3, -0.25) is 24.7 Å². The summed E-state index contributed by atoms with van der Waals surface area (Å²) >= 11 is 0. The molecule has 10 nitrogen and oxygen atoms in total. The van der Waals surface area contributed by atoms with Crippen LogP contribution in [-0.2, 0) is 14.3 Å². The van der Waals surface area contributed by atoms with E-state index in [1.807, 2.05) is 49.9 Å². The molecule has 218 valence electrons. The number of amides is 1. The summed E-state index contributed by atoms with van der Waals surface area (Å²) in [6.45, 7) is 10.9. The second-order valence-corrected chi connectivity index (χ2v) is 12.0. The third-order valence-electron chi connectivity index (χ3n) is 6.93. The first kappa shape index (κ1) is 29.9. The SMILES string of the molecule is CC(O)CN(CC(=O)OC(C)(C)C)C1CCN(C/C=C/C(=O)Nc2ncc3ccc(OCC4CC4)cc3n2)CC1. The maximum atomic E-state index is 12.5. The highest BCUT2D eigenvalue weighted by atomic mass is 16.6. The van der Waals surface area contributed by atoms with Crippen LogP contribution in [0.5, 0.6) is 5.75 Å². The van der Waals surface area contributed by atoms with E-state index in [1.54, 1.807) is 13.1 Å². The maximum absolute atomic E-state index is 12.5. The predicted octanol–water partition coefficient (Wildman–Crippen LogP) is 3.40. The van der Waals surface area contributed by atoms with E-state index in [0.29, 0.717) is 19.0 Å². The highest BCUT2D eigenvalue weighted by molar-refractivity contribution is 5.98. The standard InChI is InChI=1S/C30H43N5O5/c1-21(36)18-35(19-28(38)40-30(2,3)4)24-11-14-34(15-12-24)13-5-6-27(37)33-29-31-17-23-9-10-25(16-26(23)32-29)39-20-22-7-8-22/h5-6,9-10,16-17,21-22,24,36H,7-8,11-15,18-20H2,1-4H3,(H,31,32,33,37)/b6-5+. The van der Waals surface area contributed by atoms with Crippen LogP contribution in [0.3, 0.4) is 0 Å². The van der Waals surface area contributed by atoms with Gasteiger partial charge in [0.15, 0.2) is 0 Å². The number of likely N-dealkylation sites (tertiary alicyclic amines) is 1. The monoisotopic (exact) mass is 553 g/mol. The molecule has 1 amide bonds. The molecule has 1 aromatic heterocycles. The molecule has 1 aromatic carbocycles. The Balaban J connectivity index is 1.23. The number of anilines is 1. The largest absolute Gasteiger partial charge is 0.493 e. The summed E-state index contributed by atoms with van der Waals surface area (Å²) in [4.78, 5) is 37.9. The fraction of sp³-hybridized carbons (Fsp3) is 0.600. The van der Waals surface area contributed by atoms with Gasteiger partial charge in [0.05, 0.1) is 24.8 Å². The molecule has 2 N–H and O–H groups in total. The number of fused-ring (bicyclic) bond motifs is 1. The normalized spacial score (nSPS) is 17.9. The Bertz CT molecular complexity index is 1180. The van der Waals surface area contributed by atoms with Gasteiger partial charge in [-0.05, 0) is 84.5 Å². The van der Waals surface area contributed by atoms with Gasteiger partial charge >= 0.3 is 5.97 Å². The molecular weight excluding hydrogens is 510 g/mol. The fourth-order valence-corrected chi connectivity index (χ4v) is 4.80. The van der Waals surface area contributed by atoms with Crippen LogP contribution in [0.15, 0.2) is 36.5 Å². The van der Waals surface area contributed by atoms with Crippen molar-refractivity contribution in [1.82, 2.24) is 19.8 Å². The zero-order valence-corrected chi connectivity index (χ0v) is 24.1. The summed E-state index contributed by atoms with van der Waals surface area (Å²) in [5.41, 5.74) is 0.186. The molecule has 1 atom stereocenters. The number of esters is 1. The third kappa shape index (κ3) is 9.83. The zero-order chi connectivity index (χ0) is 28.7.